The molecule has 2 heterocycles. The predicted molar refractivity (Wildman–Crippen MR) is 60.5 cm³/mol. The zero-order chi connectivity index (χ0) is 10.3. The summed E-state index contributed by atoms with van der Waals surface area (Å²) < 4.78 is 0. The second kappa shape index (κ2) is 3.49. The van der Waals surface area contributed by atoms with E-state index in [9.17, 15) is 0 Å². The second-order valence-corrected chi connectivity index (χ2v) is 5.93. The third-order valence-electron chi connectivity index (χ3n) is 3.95. The van der Waals surface area contributed by atoms with Gasteiger partial charge in [0.1, 0.15) is 0 Å². The van der Waals surface area contributed by atoms with Gasteiger partial charge in [0, 0.05) is 37.3 Å². The number of hydrogen-bond acceptors (Lipinski definition) is 2. The van der Waals surface area contributed by atoms with Crippen molar-refractivity contribution in [2.45, 2.75) is 58.2 Å². The average molecular weight is 196 g/mol. The van der Waals surface area contributed by atoms with Crippen LogP contribution >= 0.6 is 0 Å². The van der Waals surface area contributed by atoms with Crippen molar-refractivity contribution < 1.29 is 0 Å². The molecule has 2 aliphatic heterocycles. The molecule has 0 aromatic rings. The molecule has 0 saturated carbocycles. The normalized spacial score (nSPS) is 36.0. The topological polar surface area (TPSA) is 6.48 Å². The van der Waals surface area contributed by atoms with Crippen LogP contribution in [0.5, 0.6) is 0 Å². The molecule has 2 unspecified atom stereocenters. The van der Waals surface area contributed by atoms with Crippen molar-refractivity contribution in [3.8, 4) is 0 Å². The smallest absolute Gasteiger partial charge is 0.0238 e. The summed E-state index contributed by atoms with van der Waals surface area (Å²) in [7, 11) is 0. The van der Waals surface area contributed by atoms with Crippen molar-refractivity contribution in [3.63, 3.8) is 0 Å². The third kappa shape index (κ3) is 1.82. The first-order chi connectivity index (χ1) is 6.48. The van der Waals surface area contributed by atoms with E-state index in [-0.39, 0.29) is 0 Å². The minimum Gasteiger partial charge on any atom is -0.297 e. The van der Waals surface area contributed by atoms with Gasteiger partial charge in [-0.25, -0.2) is 0 Å². The minimum absolute atomic E-state index is 0.364. The van der Waals surface area contributed by atoms with Crippen molar-refractivity contribution in [3.05, 3.63) is 0 Å². The van der Waals surface area contributed by atoms with Crippen LogP contribution < -0.4 is 0 Å². The highest BCUT2D eigenvalue weighted by Gasteiger charge is 2.37. The maximum atomic E-state index is 2.69. The first-order valence-electron chi connectivity index (χ1n) is 5.99. The fraction of sp³-hybridized carbons (Fsp3) is 1.00. The molecule has 0 aliphatic carbocycles. The monoisotopic (exact) mass is 196 g/mol. The van der Waals surface area contributed by atoms with Crippen LogP contribution in [0.25, 0.3) is 0 Å². The zero-order valence-electron chi connectivity index (χ0n) is 10.1. The molecule has 2 aliphatic rings. The Kier molecular flexibility index (Phi) is 2.61. The summed E-state index contributed by atoms with van der Waals surface area (Å²) in [5.74, 6) is 0. The lowest BCUT2D eigenvalue weighted by Gasteiger charge is -2.43. The van der Waals surface area contributed by atoms with Crippen LogP contribution in [0, 0.1) is 0 Å². The van der Waals surface area contributed by atoms with Gasteiger partial charge in [0.2, 0.25) is 0 Å². The molecule has 0 amide bonds. The summed E-state index contributed by atoms with van der Waals surface area (Å²) in [6.45, 7) is 13.3. The van der Waals surface area contributed by atoms with Crippen LogP contribution in [0.3, 0.4) is 0 Å². The largest absolute Gasteiger partial charge is 0.297 e. The molecule has 2 heteroatoms. The van der Waals surface area contributed by atoms with Gasteiger partial charge in [-0.2, -0.15) is 0 Å². The van der Waals surface area contributed by atoms with Gasteiger partial charge in [-0.3, -0.25) is 9.80 Å². The summed E-state index contributed by atoms with van der Waals surface area (Å²) >= 11 is 0. The maximum absolute atomic E-state index is 2.69. The fourth-order valence-corrected chi connectivity index (χ4v) is 2.70. The summed E-state index contributed by atoms with van der Waals surface area (Å²) in [5, 5.41) is 0. The first kappa shape index (κ1) is 10.4. The molecule has 2 saturated heterocycles. The van der Waals surface area contributed by atoms with Crippen LogP contribution in [0.2, 0.25) is 0 Å². The van der Waals surface area contributed by atoms with Gasteiger partial charge in [-0.1, -0.05) is 0 Å². The lowest BCUT2D eigenvalue weighted by atomic mass is 10.0. The van der Waals surface area contributed by atoms with Crippen LogP contribution in [-0.2, 0) is 0 Å². The Hall–Kier alpha value is -0.0800. The van der Waals surface area contributed by atoms with E-state index in [0.717, 1.165) is 12.1 Å². The molecule has 14 heavy (non-hydrogen) atoms. The van der Waals surface area contributed by atoms with Crippen LogP contribution in [0.4, 0.5) is 0 Å². The van der Waals surface area contributed by atoms with E-state index < -0.39 is 0 Å². The Morgan fingerprint density at radius 2 is 1.79 bits per heavy atom. The van der Waals surface area contributed by atoms with E-state index in [1.54, 1.807) is 0 Å². The number of rotatable bonds is 1. The van der Waals surface area contributed by atoms with E-state index >= 15 is 0 Å². The standard InChI is InChI=1S/C12H24N2/c1-10-5-8-14(10)11-6-7-13(9-11)12(2,3)4/h10-11H,5-9H2,1-4H3. The van der Waals surface area contributed by atoms with Crippen molar-refractivity contribution >= 4 is 0 Å². The van der Waals surface area contributed by atoms with Crippen molar-refractivity contribution in [1.82, 2.24) is 9.80 Å². The molecule has 2 fully saturated rings. The van der Waals surface area contributed by atoms with E-state index in [0.29, 0.717) is 5.54 Å². The van der Waals surface area contributed by atoms with E-state index in [1.807, 2.05) is 0 Å². The van der Waals surface area contributed by atoms with Crippen LogP contribution in [-0.4, -0.2) is 47.1 Å². The molecule has 0 spiro atoms. The van der Waals surface area contributed by atoms with E-state index in [2.05, 4.69) is 37.5 Å². The molecule has 2 rings (SSSR count). The van der Waals surface area contributed by atoms with Gasteiger partial charge < -0.3 is 0 Å². The maximum Gasteiger partial charge on any atom is 0.0238 e. The Balaban J connectivity index is 1.88. The molecule has 0 bridgehead atoms. The third-order valence-corrected chi connectivity index (χ3v) is 3.95. The summed E-state index contributed by atoms with van der Waals surface area (Å²) in [6, 6.07) is 1.69. The Bertz CT molecular complexity index is 207. The van der Waals surface area contributed by atoms with Crippen molar-refractivity contribution in [2.24, 2.45) is 0 Å². The molecule has 0 radical (unpaired) electrons. The van der Waals surface area contributed by atoms with Gasteiger partial charge in [-0.15, -0.1) is 0 Å². The van der Waals surface area contributed by atoms with Crippen molar-refractivity contribution in [2.75, 3.05) is 19.6 Å². The second-order valence-electron chi connectivity index (χ2n) is 5.93. The first-order valence-corrected chi connectivity index (χ1v) is 5.99. The Morgan fingerprint density at radius 1 is 1.07 bits per heavy atom. The minimum atomic E-state index is 0.364. The number of nitrogens with zero attached hydrogens (tertiary/aromatic N) is 2. The van der Waals surface area contributed by atoms with Crippen molar-refractivity contribution in [1.29, 1.82) is 0 Å². The quantitative estimate of drug-likeness (QED) is 0.632. The zero-order valence-corrected chi connectivity index (χ0v) is 10.1. The Morgan fingerprint density at radius 3 is 2.14 bits per heavy atom. The Labute approximate surface area is 88.3 Å². The molecule has 2 nitrogen and oxygen atoms in total. The lowest BCUT2D eigenvalue weighted by Crippen LogP contribution is -2.53. The van der Waals surface area contributed by atoms with Gasteiger partial charge in [0.25, 0.3) is 0 Å². The van der Waals surface area contributed by atoms with Crippen LogP contribution in [0.1, 0.15) is 40.5 Å². The molecule has 0 aromatic carbocycles. The highest BCUT2D eigenvalue weighted by atomic mass is 15.3. The number of likely N-dealkylation sites (tertiary alicyclic amines) is 2. The summed E-state index contributed by atoms with van der Waals surface area (Å²) in [6.07, 6.45) is 2.79. The summed E-state index contributed by atoms with van der Waals surface area (Å²) in [5.41, 5.74) is 0.364. The molecular weight excluding hydrogens is 172 g/mol. The highest BCUT2D eigenvalue weighted by Crippen LogP contribution is 2.28. The predicted octanol–water partition coefficient (Wildman–Crippen LogP) is 1.95. The highest BCUT2D eigenvalue weighted by molar-refractivity contribution is 4.94. The fourth-order valence-electron chi connectivity index (χ4n) is 2.70. The summed E-state index contributed by atoms with van der Waals surface area (Å²) in [4.78, 5) is 5.31. The lowest BCUT2D eigenvalue weighted by molar-refractivity contribution is 0.0492. The molecule has 82 valence electrons. The van der Waals surface area contributed by atoms with E-state index in [1.165, 1.54) is 32.5 Å². The van der Waals surface area contributed by atoms with Gasteiger partial charge in [-0.05, 0) is 40.5 Å². The molecule has 0 N–H and O–H groups in total. The van der Waals surface area contributed by atoms with Gasteiger partial charge in [0.05, 0.1) is 0 Å². The van der Waals surface area contributed by atoms with Gasteiger partial charge in [0.15, 0.2) is 0 Å². The van der Waals surface area contributed by atoms with Crippen LogP contribution in [0.15, 0.2) is 0 Å². The average Bonchev–Trinajstić information content (AvgIpc) is 2.49. The molecule has 2 atom stereocenters. The van der Waals surface area contributed by atoms with E-state index in [4.69, 9.17) is 0 Å². The van der Waals surface area contributed by atoms with Gasteiger partial charge >= 0.3 is 0 Å². The number of hydrogen-bond donors (Lipinski definition) is 0. The SMILES string of the molecule is CC1CCN1C1CCN(C(C)(C)C)C1. The molecular formula is C12H24N2. The molecule has 0 aromatic heterocycles.